The molecule has 0 bridgehead atoms. The Balaban J connectivity index is 1.80. The number of rotatable bonds is 14. The predicted molar refractivity (Wildman–Crippen MR) is 143 cm³/mol. The molecule has 2 amide bonds. The van der Waals surface area contributed by atoms with Crippen molar-refractivity contribution in [2.24, 2.45) is 0 Å². The molecule has 208 valence electrons. The predicted octanol–water partition coefficient (Wildman–Crippen LogP) is 4.22. The molecule has 1 heterocycles. The van der Waals surface area contributed by atoms with Gasteiger partial charge in [-0.2, -0.15) is 0 Å². The molecule has 0 fully saturated rings. The van der Waals surface area contributed by atoms with Crippen LogP contribution in [0.1, 0.15) is 21.7 Å². The summed E-state index contributed by atoms with van der Waals surface area (Å²) in [6.45, 7) is 0.553. The number of amides is 2. The highest BCUT2D eigenvalue weighted by atomic mass is 35.5. The summed E-state index contributed by atoms with van der Waals surface area (Å²) in [5, 5.41) is 11.0. The first-order chi connectivity index (χ1) is 18.8. The molecular formula is C27H30ClN3O8. The molecule has 0 aliphatic carbocycles. The van der Waals surface area contributed by atoms with E-state index >= 15 is 0 Å². The average Bonchev–Trinajstić information content (AvgIpc) is 3.45. The molecule has 0 atom stereocenters. The molecule has 0 saturated heterocycles. The van der Waals surface area contributed by atoms with Crippen molar-refractivity contribution >= 4 is 29.1 Å². The van der Waals surface area contributed by atoms with E-state index in [9.17, 15) is 19.7 Å². The Hall–Kier alpha value is -4.09. The van der Waals surface area contributed by atoms with Gasteiger partial charge in [-0.1, -0.05) is 17.7 Å². The second-order valence-corrected chi connectivity index (χ2v) is 8.88. The molecule has 12 heteroatoms. The van der Waals surface area contributed by atoms with E-state index in [1.807, 2.05) is 12.1 Å². The van der Waals surface area contributed by atoms with Crippen LogP contribution in [0.25, 0.3) is 0 Å². The van der Waals surface area contributed by atoms with Gasteiger partial charge in [0.25, 0.3) is 11.6 Å². The Labute approximate surface area is 230 Å². The van der Waals surface area contributed by atoms with Gasteiger partial charge in [0.2, 0.25) is 5.91 Å². The molecule has 0 aliphatic rings. The first kappa shape index (κ1) is 29.5. The third kappa shape index (κ3) is 7.95. The van der Waals surface area contributed by atoms with Gasteiger partial charge in [0.1, 0.15) is 12.3 Å². The standard InChI is InChI=1S/C27H30ClN3O8/c1-36-14-12-30(27(33)22-8-7-20(31(34)35)16-23(22)28)18-26(32)29(17-21-5-4-13-39-21)11-10-19-6-9-24(37-2)25(15-19)38-3/h4-9,13,15-16H,10-12,14,17-18H2,1-3H3. The van der Waals surface area contributed by atoms with E-state index in [0.29, 0.717) is 30.2 Å². The molecule has 3 rings (SSSR count). The Kier molecular flexibility index (Phi) is 10.7. The van der Waals surface area contributed by atoms with Crippen molar-refractivity contribution in [3.8, 4) is 11.5 Å². The van der Waals surface area contributed by atoms with Crippen molar-refractivity contribution in [1.29, 1.82) is 0 Å². The summed E-state index contributed by atoms with van der Waals surface area (Å²) in [7, 11) is 4.59. The minimum Gasteiger partial charge on any atom is -0.493 e. The SMILES string of the molecule is COCCN(CC(=O)N(CCc1ccc(OC)c(OC)c1)Cc1ccco1)C(=O)c1ccc([N+](=O)[O-])cc1Cl. The van der Waals surface area contributed by atoms with Crippen molar-refractivity contribution in [2.45, 2.75) is 13.0 Å². The number of nitro groups is 1. The molecule has 0 saturated carbocycles. The van der Waals surface area contributed by atoms with Gasteiger partial charge in [-0.05, 0) is 42.3 Å². The number of hydrogen-bond acceptors (Lipinski definition) is 8. The highest BCUT2D eigenvalue weighted by Crippen LogP contribution is 2.28. The minimum atomic E-state index is -0.600. The van der Waals surface area contributed by atoms with Crippen LogP contribution in [0.3, 0.4) is 0 Å². The number of furan rings is 1. The summed E-state index contributed by atoms with van der Waals surface area (Å²) in [6, 6.07) is 12.6. The molecule has 3 aromatic rings. The summed E-state index contributed by atoms with van der Waals surface area (Å²) >= 11 is 6.19. The van der Waals surface area contributed by atoms with Gasteiger partial charge >= 0.3 is 0 Å². The van der Waals surface area contributed by atoms with Crippen molar-refractivity contribution in [2.75, 3.05) is 47.6 Å². The molecule has 0 unspecified atom stereocenters. The van der Waals surface area contributed by atoms with E-state index in [1.54, 1.807) is 37.3 Å². The van der Waals surface area contributed by atoms with Gasteiger partial charge in [-0.15, -0.1) is 0 Å². The molecule has 39 heavy (non-hydrogen) atoms. The topological polar surface area (TPSA) is 125 Å². The lowest BCUT2D eigenvalue weighted by molar-refractivity contribution is -0.384. The van der Waals surface area contributed by atoms with Crippen molar-refractivity contribution in [3.05, 3.63) is 86.8 Å². The van der Waals surface area contributed by atoms with Crippen LogP contribution in [0, 0.1) is 10.1 Å². The smallest absolute Gasteiger partial charge is 0.270 e. The number of methoxy groups -OCH3 is 3. The van der Waals surface area contributed by atoms with Gasteiger partial charge in [-0.3, -0.25) is 19.7 Å². The molecular weight excluding hydrogens is 530 g/mol. The molecule has 1 aromatic heterocycles. The van der Waals surface area contributed by atoms with Gasteiger partial charge in [0.15, 0.2) is 11.5 Å². The van der Waals surface area contributed by atoms with E-state index in [0.717, 1.165) is 11.6 Å². The van der Waals surface area contributed by atoms with E-state index in [4.69, 9.17) is 30.2 Å². The molecule has 11 nitrogen and oxygen atoms in total. The fourth-order valence-corrected chi connectivity index (χ4v) is 4.12. The molecule has 2 aromatic carbocycles. The highest BCUT2D eigenvalue weighted by molar-refractivity contribution is 6.34. The van der Waals surface area contributed by atoms with E-state index in [2.05, 4.69) is 0 Å². The first-order valence-electron chi connectivity index (χ1n) is 12.0. The maximum absolute atomic E-state index is 13.5. The number of carbonyl (C=O) groups excluding carboxylic acids is 2. The second kappa shape index (κ2) is 14.2. The summed E-state index contributed by atoms with van der Waals surface area (Å²) in [6.07, 6.45) is 2.03. The van der Waals surface area contributed by atoms with Gasteiger partial charge < -0.3 is 28.4 Å². The van der Waals surface area contributed by atoms with Crippen LogP contribution in [0.4, 0.5) is 5.69 Å². The number of carbonyl (C=O) groups is 2. The van der Waals surface area contributed by atoms with Crippen LogP contribution in [0.2, 0.25) is 5.02 Å². The lowest BCUT2D eigenvalue weighted by atomic mass is 10.1. The number of non-ortho nitro benzene ring substituents is 1. The Bertz CT molecular complexity index is 1280. The molecule has 0 spiro atoms. The van der Waals surface area contributed by atoms with Crippen LogP contribution in [-0.2, 0) is 22.5 Å². The van der Waals surface area contributed by atoms with Crippen LogP contribution in [0.5, 0.6) is 11.5 Å². The van der Waals surface area contributed by atoms with Crippen LogP contribution in [-0.4, -0.2) is 74.1 Å². The lowest BCUT2D eigenvalue weighted by Gasteiger charge is -2.27. The minimum absolute atomic E-state index is 0.0501. The third-order valence-electron chi connectivity index (χ3n) is 5.97. The Morgan fingerprint density at radius 1 is 1.00 bits per heavy atom. The van der Waals surface area contributed by atoms with Crippen LogP contribution < -0.4 is 9.47 Å². The monoisotopic (exact) mass is 559 g/mol. The first-order valence-corrected chi connectivity index (χ1v) is 12.4. The Morgan fingerprint density at radius 2 is 1.77 bits per heavy atom. The fraction of sp³-hybridized carbons (Fsp3) is 0.333. The number of halogens is 1. The normalized spacial score (nSPS) is 10.7. The second-order valence-electron chi connectivity index (χ2n) is 8.47. The maximum atomic E-state index is 13.5. The number of nitro benzene ring substituents is 1. The van der Waals surface area contributed by atoms with Crippen LogP contribution >= 0.6 is 11.6 Å². The summed E-state index contributed by atoms with van der Waals surface area (Å²) < 4.78 is 21.3. The van der Waals surface area contributed by atoms with Gasteiger partial charge in [0, 0.05) is 32.3 Å². The van der Waals surface area contributed by atoms with Gasteiger partial charge in [0.05, 0.1) is 49.1 Å². The largest absolute Gasteiger partial charge is 0.493 e. The summed E-state index contributed by atoms with van der Waals surface area (Å²) in [5.41, 5.74) is 0.736. The van der Waals surface area contributed by atoms with E-state index in [1.165, 1.54) is 30.4 Å². The Morgan fingerprint density at radius 3 is 2.38 bits per heavy atom. The molecule has 0 N–H and O–H groups in total. The van der Waals surface area contributed by atoms with Gasteiger partial charge in [-0.25, -0.2) is 0 Å². The van der Waals surface area contributed by atoms with E-state index < -0.39 is 10.8 Å². The zero-order chi connectivity index (χ0) is 28.4. The maximum Gasteiger partial charge on any atom is 0.270 e. The number of benzene rings is 2. The molecule has 0 radical (unpaired) electrons. The quantitative estimate of drug-likeness (QED) is 0.212. The average molecular weight is 560 g/mol. The zero-order valence-corrected chi connectivity index (χ0v) is 22.7. The highest BCUT2D eigenvalue weighted by Gasteiger charge is 2.25. The van der Waals surface area contributed by atoms with Crippen molar-refractivity contribution in [3.63, 3.8) is 0 Å². The third-order valence-corrected chi connectivity index (χ3v) is 6.28. The van der Waals surface area contributed by atoms with E-state index in [-0.39, 0.29) is 48.4 Å². The molecule has 0 aliphatic heterocycles. The van der Waals surface area contributed by atoms with Crippen molar-refractivity contribution < 1.29 is 33.1 Å². The summed E-state index contributed by atoms with van der Waals surface area (Å²) in [4.78, 5) is 40.2. The number of hydrogen-bond donors (Lipinski definition) is 0. The van der Waals surface area contributed by atoms with Crippen molar-refractivity contribution in [1.82, 2.24) is 9.80 Å². The lowest BCUT2D eigenvalue weighted by Crippen LogP contribution is -2.44. The van der Waals surface area contributed by atoms with Crippen LogP contribution in [0.15, 0.2) is 59.2 Å². The number of nitrogens with zero attached hydrogens (tertiary/aromatic N) is 3. The fourth-order valence-electron chi connectivity index (χ4n) is 3.86. The number of ether oxygens (including phenoxy) is 3. The zero-order valence-electron chi connectivity index (χ0n) is 21.9. The summed E-state index contributed by atoms with van der Waals surface area (Å²) in [5.74, 6) is 0.897.